The highest BCUT2D eigenvalue weighted by atomic mass is 16.6. The molecule has 0 unspecified atom stereocenters. The molecule has 158 valence electrons. The van der Waals surface area contributed by atoms with Crippen molar-refractivity contribution in [3.05, 3.63) is 104 Å². The Morgan fingerprint density at radius 1 is 1.00 bits per heavy atom. The van der Waals surface area contributed by atoms with Gasteiger partial charge in [-0.05, 0) is 42.0 Å². The predicted molar refractivity (Wildman–Crippen MR) is 112 cm³/mol. The molecule has 0 aliphatic heterocycles. The van der Waals surface area contributed by atoms with Crippen LogP contribution in [-0.4, -0.2) is 22.0 Å². The van der Waals surface area contributed by atoms with Gasteiger partial charge in [-0.25, -0.2) is 5.43 Å². The summed E-state index contributed by atoms with van der Waals surface area (Å²) in [6.45, 7) is 0. The van der Waals surface area contributed by atoms with Gasteiger partial charge in [0.1, 0.15) is 23.1 Å². The van der Waals surface area contributed by atoms with Crippen molar-refractivity contribution in [2.45, 2.75) is 0 Å². The van der Waals surface area contributed by atoms with Crippen LogP contribution in [0.5, 0.6) is 11.5 Å². The molecule has 3 aromatic rings. The van der Waals surface area contributed by atoms with E-state index >= 15 is 0 Å². The number of nitro benzene ring substituents is 2. The van der Waals surface area contributed by atoms with Crippen molar-refractivity contribution < 1.29 is 19.4 Å². The fourth-order valence-electron chi connectivity index (χ4n) is 2.55. The number of ether oxygens (including phenoxy) is 1. The molecular weight excluding hydrogens is 418 g/mol. The second-order valence-electron chi connectivity index (χ2n) is 6.23. The third-order valence-electron chi connectivity index (χ3n) is 4.10. The number of nitrogens with one attached hydrogen (secondary N) is 1. The number of hydrogen-bond acceptors (Lipinski definition) is 8. The molecule has 32 heavy (non-hydrogen) atoms. The second kappa shape index (κ2) is 9.59. The van der Waals surface area contributed by atoms with Crippen LogP contribution < -0.4 is 10.2 Å². The highest BCUT2D eigenvalue weighted by Crippen LogP contribution is 2.28. The molecule has 0 heterocycles. The van der Waals surface area contributed by atoms with Gasteiger partial charge in [0.25, 0.3) is 17.3 Å². The number of nitro groups is 2. The number of nitriles is 1. The Kier molecular flexibility index (Phi) is 6.47. The van der Waals surface area contributed by atoms with Gasteiger partial charge in [-0.2, -0.15) is 10.4 Å². The monoisotopic (exact) mass is 431 g/mol. The summed E-state index contributed by atoms with van der Waals surface area (Å²) in [5, 5.41) is 34.6. The highest BCUT2D eigenvalue weighted by Gasteiger charge is 2.13. The molecule has 0 aliphatic rings. The average molecular weight is 431 g/mol. The number of benzene rings is 3. The van der Waals surface area contributed by atoms with Crippen LogP contribution in [0.1, 0.15) is 21.5 Å². The van der Waals surface area contributed by atoms with Gasteiger partial charge in [-0.15, -0.1) is 0 Å². The summed E-state index contributed by atoms with van der Waals surface area (Å²) < 4.78 is 5.61. The van der Waals surface area contributed by atoms with Gasteiger partial charge in [0.2, 0.25) is 0 Å². The molecule has 0 atom stereocenters. The van der Waals surface area contributed by atoms with E-state index in [9.17, 15) is 30.3 Å². The van der Waals surface area contributed by atoms with Gasteiger partial charge in [0, 0.05) is 29.8 Å². The number of carbonyl (C=O) groups is 1. The number of nitrogens with zero attached hydrogens (tertiary/aromatic N) is 4. The molecule has 0 aromatic heterocycles. The van der Waals surface area contributed by atoms with Crippen molar-refractivity contribution >= 4 is 23.5 Å². The Labute approximate surface area is 180 Å². The van der Waals surface area contributed by atoms with E-state index in [1.54, 1.807) is 24.3 Å². The first-order valence-electron chi connectivity index (χ1n) is 8.91. The molecule has 11 nitrogen and oxygen atoms in total. The summed E-state index contributed by atoms with van der Waals surface area (Å²) in [7, 11) is 0. The molecule has 3 aromatic carbocycles. The van der Waals surface area contributed by atoms with Crippen LogP contribution in [0.3, 0.4) is 0 Å². The van der Waals surface area contributed by atoms with E-state index in [0.717, 1.165) is 12.1 Å². The Morgan fingerprint density at radius 2 is 1.69 bits per heavy atom. The number of amides is 1. The molecule has 0 radical (unpaired) electrons. The van der Waals surface area contributed by atoms with Gasteiger partial charge in [-0.1, -0.05) is 6.07 Å². The lowest BCUT2D eigenvalue weighted by Crippen LogP contribution is -2.17. The van der Waals surface area contributed by atoms with Crippen LogP contribution in [0, 0.1) is 31.6 Å². The van der Waals surface area contributed by atoms with E-state index in [1.165, 1.54) is 36.5 Å². The standard InChI is InChI=1S/C21H13N5O6/c22-12-16-11-18(26(30)31)6-9-20(16)32-19-7-4-14(5-8-19)13-23-24-21(27)15-2-1-3-17(10-15)25(28)29/h1-11,13H,(H,24,27)/b23-13-. The number of rotatable bonds is 7. The molecule has 0 bridgehead atoms. The number of non-ortho nitro benzene ring substituents is 2. The van der Waals surface area contributed by atoms with Crippen LogP contribution >= 0.6 is 0 Å². The third-order valence-corrected chi connectivity index (χ3v) is 4.10. The van der Waals surface area contributed by atoms with Crippen molar-refractivity contribution in [3.8, 4) is 17.6 Å². The van der Waals surface area contributed by atoms with E-state index in [4.69, 9.17) is 4.74 Å². The van der Waals surface area contributed by atoms with Crippen molar-refractivity contribution in [1.29, 1.82) is 5.26 Å². The van der Waals surface area contributed by atoms with Gasteiger partial charge in [0.15, 0.2) is 0 Å². The molecule has 1 amide bonds. The maximum atomic E-state index is 12.1. The zero-order valence-electron chi connectivity index (χ0n) is 16.2. The zero-order valence-corrected chi connectivity index (χ0v) is 16.2. The zero-order chi connectivity index (χ0) is 23.1. The van der Waals surface area contributed by atoms with Crippen molar-refractivity contribution in [1.82, 2.24) is 5.43 Å². The molecule has 0 saturated carbocycles. The minimum absolute atomic E-state index is 0.0219. The summed E-state index contributed by atoms with van der Waals surface area (Å²) in [6.07, 6.45) is 1.37. The first kappa shape index (κ1) is 21.6. The maximum absolute atomic E-state index is 12.1. The molecule has 0 aliphatic carbocycles. The minimum Gasteiger partial charge on any atom is -0.456 e. The third kappa shape index (κ3) is 5.28. The SMILES string of the molecule is N#Cc1cc([N+](=O)[O-])ccc1Oc1ccc(/C=N\NC(=O)c2cccc([N+](=O)[O-])c2)cc1. The molecule has 0 spiro atoms. The fourth-order valence-corrected chi connectivity index (χ4v) is 2.55. The highest BCUT2D eigenvalue weighted by molar-refractivity contribution is 5.95. The topological polar surface area (TPSA) is 161 Å². The maximum Gasteiger partial charge on any atom is 0.271 e. The van der Waals surface area contributed by atoms with Gasteiger partial charge < -0.3 is 4.74 Å². The first-order chi connectivity index (χ1) is 15.4. The smallest absolute Gasteiger partial charge is 0.271 e. The fraction of sp³-hybridized carbons (Fsp3) is 0. The van der Waals surface area contributed by atoms with E-state index in [0.29, 0.717) is 11.3 Å². The van der Waals surface area contributed by atoms with Gasteiger partial charge in [0.05, 0.1) is 16.1 Å². The first-order valence-corrected chi connectivity index (χ1v) is 8.91. The van der Waals surface area contributed by atoms with E-state index in [-0.39, 0.29) is 28.3 Å². The molecule has 11 heteroatoms. The van der Waals surface area contributed by atoms with E-state index < -0.39 is 15.8 Å². The lowest BCUT2D eigenvalue weighted by atomic mass is 10.2. The summed E-state index contributed by atoms with van der Waals surface area (Å²) in [5.41, 5.74) is 2.59. The minimum atomic E-state index is -0.605. The van der Waals surface area contributed by atoms with E-state index in [2.05, 4.69) is 10.5 Å². The Morgan fingerprint density at radius 3 is 2.34 bits per heavy atom. The lowest BCUT2D eigenvalue weighted by molar-refractivity contribution is -0.385. The van der Waals surface area contributed by atoms with Gasteiger partial charge >= 0.3 is 0 Å². The predicted octanol–water partition coefficient (Wildman–Crippen LogP) is 3.93. The molecule has 0 fully saturated rings. The Hall–Kier alpha value is -5.11. The number of hydrogen-bond donors (Lipinski definition) is 1. The Bertz CT molecular complexity index is 1260. The molecule has 0 saturated heterocycles. The van der Waals surface area contributed by atoms with Crippen molar-refractivity contribution in [3.63, 3.8) is 0 Å². The van der Waals surface area contributed by atoms with Crippen LogP contribution in [0.15, 0.2) is 71.8 Å². The molecule has 1 N–H and O–H groups in total. The Balaban J connectivity index is 1.64. The van der Waals surface area contributed by atoms with E-state index in [1.807, 2.05) is 6.07 Å². The summed E-state index contributed by atoms with van der Waals surface area (Å²) in [4.78, 5) is 32.5. The number of hydrazone groups is 1. The lowest BCUT2D eigenvalue weighted by Gasteiger charge is -2.07. The largest absolute Gasteiger partial charge is 0.456 e. The number of carbonyl (C=O) groups excluding carboxylic acids is 1. The normalized spacial score (nSPS) is 10.3. The van der Waals surface area contributed by atoms with Crippen molar-refractivity contribution in [2.75, 3.05) is 0 Å². The average Bonchev–Trinajstić information content (AvgIpc) is 2.80. The summed E-state index contributed by atoms with van der Waals surface area (Å²) >= 11 is 0. The second-order valence-corrected chi connectivity index (χ2v) is 6.23. The van der Waals surface area contributed by atoms with Gasteiger partial charge in [-0.3, -0.25) is 25.0 Å². The van der Waals surface area contributed by atoms with Crippen LogP contribution in [0.4, 0.5) is 11.4 Å². The summed E-state index contributed by atoms with van der Waals surface area (Å²) in [5.74, 6) is -0.0519. The quantitative estimate of drug-likeness (QED) is 0.337. The molecule has 3 rings (SSSR count). The van der Waals surface area contributed by atoms with Crippen LogP contribution in [-0.2, 0) is 0 Å². The van der Waals surface area contributed by atoms with Crippen molar-refractivity contribution in [2.24, 2.45) is 5.10 Å². The molecular formula is C21H13N5O6. The summed E-state index contributed by atoms with van der Waals surface area (Å²) in [6, 6.07) is 17.3. The van der Waals surface area contributed by atoms with Crippen LogP contribution in [0.25, 0.3) is 0 Å². The van der Waals surface area contributed by atoms with Crippen LogP contribution in [0.2, 0.25) is 0 Å².